The minimum atomic E-state index is -0.0910. The summed E-state index contributed by atoms with van der Waals surface area (Å²) in [5.74, 6) is 0.922. The molecule has 2 aromatic heterocycles. The van der Waals surface area contributed by atoms with Crippen molar-refractivity contribution in [3.05, 3.63) is 199 Å². The van der Waals surface area contributed by atoms with E-state index in [-0.39, 0.29) is 5.41 Å². The molecule has 0 spiro atoms. The highest BCUT2D eigenvalue weighted by Gasteiger charge is 2.35. The predicted molar refractivity (Wildman–Crippen MR) is 229 cm³/mol. The standard InChI is InChI=1S/C52H37N3/c1-52(2)45-19-9-6-16-41(45)42-29-26-35(33-46(42)52)37-30-36(31-38(32-37)51-53-47-20-10-13-23-50(47)55(51)39-14-4-3-5-15-39)34-24-27-40(28-25-34)54-48-21-11-7-17-43(48)44-18-8-12-22-49(44)54/h3-33H,1-2H3. The van der Waals surface area contributed by atoms with Gasteiger partial charge in [-0.15, -0.1) is 0 Å². The summed E-state index contributed by atoms with van der Waals surface area (Å²) in [6, 6.07) is 68.3. The van der Waals surface area contributed by atoms with Crippen molar-refractivity contribution in [1.29, 1.82) is 0 Å². The summed E-state index contributed by atoms with van der Waals surface area (Å²) in [5.41, 5.74) is 17.8. The van der Waals surface area contributed by atoms with E-state index < -0.39 is 0 Å². The Morgan fingerprint density at radius 3 is 1.67 bits per heavy atom. The normalized spacial score (nSPS) is 13.1. The number of hydrogen-bond acceptors (Lipinski definition) is 1. The number of fused-ring (bicyclic) bond motifs is 7. The van der Waals surface area contributed by atoms with Crippen molar-refractivity contribution in [2.45, 2.75) is 19.3 Å². The zero-order valence-corrected chi connectivity index (χ0v) is 30.7. The molecule has 1 aliphatic carbocycles. The van der Waals surface area contributed by atoms with Gasteiger partial charge in [0.25, 0.3) is 0 Å². The van der Waals surface area contributed by atoms with Crippen LogP contribution in [0.4, 0.5) is 0 Å². The fourth-order valence-corrected chi connectivity index (χ4v) is 9.04. The first-order chi connectivity index (χ1) is 27.0. The molecule has 55 heavy (non-hydrogen) atoms. The lowest BCUT2D eigenvalue weighted by atomic mass is 9.81. The van der Waals surface area contributed by atoms with Gasteiger partial charge < -0.3 is 4.57 Å². The van der Waals surface area contributed by atoms with Crippen molar-refractivity contribution in [2.24, 2.45) is 0 Å². The maximum absolute atomic E-state index is 5.30. The monoisotopic (exact) mass is 703 g/mol. The maximum atomic E-state index is 5.30. The number of para-hydroxylation sites is 5. The van der Waals surface area contributed by atoms with Crippen LogP contribution < -0.4 is 0 Å². The summed E-state index contributed by atoms with van der Waals surface area (Å²) in [5, 5.41) is 2.53. The number of imidazole rings is 1. The Labute approximate surface area is 320 Å². The molecule has 3 nitrogen and oxygen atoms in total. The maximum Gasteiger partial charge on any atom is 0.145 e. The SMILES string of the molecule is CC1(C)c2ccccc2-c2ccc(-c3cc(-c4ccc(-n5c6ccccc6c6ccccc65)cc4)cc(-c4nc5ccccc5n4-c4ccccc4)c3)cc21. The highest BCUT2D eigenvalue weighted by atomic mass is 15.1. The van der Waals surface area contributed by atoms with E-state index >= 15 is 0 Å². The second-order valence-corrected chi connectivity index (χ2v) is 15.2. The van der Waals surface area contributed by atoms with Gasteiger partial charge in [-0.25, -0.2) is 4.98 Å². The first-order valence-corrected chi connectivity index (χ1v) is 19.1. The van der Waals surface area contributed by atoms with Gasteiger partial charge in [-0.2, -0.15) is 0 Å². The van der Waals surface area contributed by atoms with Gasteiger partial charge in [-0.05, 0) is 117 Å². The third kappa shape index (κ3) is 4.86. The largest absolute Gasteiger partial charge is 0.309 e. The first kappa shape index (κ1) is 31.5. The third-order valence-electron chi connectivity index (χ3n) is 11.7. The number of hydrogen-bond donors (Lipinski definition) is 0. The fraction of sp³-hybridized carbons (Fsp3) is 0.0577. The molecule has 0 fully saturated rings. The molecule has 260 valence electrons. The Bertz CT molecular complexity index is 3050. The summed E-state index contributed by atoms with van der Waals surface area (Å²) >= 11 is 0. The number of benzene rings is 8. The van der Waals surface area contributed by atoms with Gasteiger partial charge >= 0.3 is 0 Å². The van der Waals surface area contributed by atoms with Crippen LogP contribution >= 0.6 is 0 Å². The van der Waals surface area contributed by atoms with Crippen molar-refractivity contribution in [1.82, 2.24) is 14.1 Å². The first-order valence-electron chi connectivity index (χ1n) is 19.1. The van der Waals surface area contributed by atoms with Gasteiger partial charge in [0.1, 0.15) is 5.82 Å². The third-order valence-corrected chi connectivity index (χ3v) is 11.7. The zero-order chi connectivity index (χ0) is 36.7. The molecule has 0 aliphatic heterocycles. The molecule has 2 heterocycles. The van der Waals surface area contributed by atoms with Crippen molar-refractivity contribution in [3.8, 4) is 56.1 Å². The minimum Gasteiger partial charge on any atom is -0.309 e. The van der Waals surface area contributed by atoms with Crippen LogP contribution in [0.2, 0.25) is 0 Å². The number of nitrogens with zero attached hydrogens (tertiary/aromatic N) is 3. The molecule has 0 radical (unpaired) electrons. The lowest BCUT2D eigenvalue weighted by Gasteiger charge is -2.22. The fourth-order valence-electron chi connectivity index (χ4n) is 9.04. The quantitative estimate of drug-likeness (QED) is 0.175. The minimum absolute atomic E-state index is 0.0910. The molecule has 11 rings (SSSR count). The Morgan fingerprint density at radius 2 is 0.927 bits per heavy atom. The molecule has 0 saturated carbocycles. The van der Waals surface area contributed by atoms with Crippen LogP contribution in [0.3, 0.4) is 0 Å². The smallest absolute Gasteiger partial charge is 0.145 e. The Kier molecular flexibility index (Phi) is 6.90. The van der Waals surface area contributed by atoms with Gasteiger partial charge in [0.15, 0.2) is 0 Å². The Hall–Kier alpha value is -6.97. The molecule has 3 heteroatoms. The molecule has 0 atom stereocenters. The molecule has 0 amide bonds. The van der Waals surface area contributed by atoms with E-state index in [0.717, 1.165) is 44.9 Å². The summed E-state index contributed by atoms with van der Waals surface area (Å²) < 4.78 is 4.68. The van der Waals surface area contributed by atoms with Crippen molar-refractivity contribution >= 4 is 32.8 Å². The number of rotatable bonds is 5. The Morgan fingerprint density at radius 1 is 0.382 bits per heavy atom. The van der Waals surface area contributed by atoms with Crippen LogP contribution in [0, 0.1) is 0 Å². The van der Waals surface area contributed by atoms with E-state index in [1.165, 1.54) is 55.2 Å². The second-order valence-electron chi connectivity index (χ2n) is 15.2. The molecular weight excluding hydrogens is 667 g/mol. The van der Waals surface area contributed by atoms with Crippen LogP contribution in [0.25, 0.3) is 89.0 Å². The van der Waals surface area contributed by atoms with Crippen LogP contribution in [0.5, 0.6) is 0 Å². The van der Waals surface area contributed by atoms with E-state index in [2.05, 4.69) is 211 Å². The second kappa shape index (κ2) is 12.0. The molecule has 0 bridgehead atoms. The lowest BCUT2D eigenvalue weighted by Crippen LogP contribution is -2.14. The van der Waals surface area contributed by atoms with Gasteiger partial charge in [0.05, 0.1) is 22.1 Å². The summed E-state index contributed by atoms with van der Waals surface area (Å²) in [4.78, 5) is 5.30. The lowest BCUT2D eigenvalue weighted by molar-refractivity contribution is 0.660. The van der Waals surface area contributed by atoms with E-state index in [9.17, 15) is 0 Å². The summed E-state index contributed by atoms with van der Waals surface area (Å²) in [6.07, 6.45) is 0. The van der Waals surface area contributed by atoms with Gasteiger partial charge in [0, 0.05) is 33.1 Å². The number of aromatic nitrogens is 3. The molecule has 0 N–H and O–H groups in total. The highest BCUT2D eigenvalue weighted by Crippen LogP contribution is 2.50. The van der Waals surface area contributed by atoms with E-state index in [0.29, 0.717) is 0 Å². The average molecular weight is 704 g/mol. The summed E-state index contributed by atoms with van der Waals surface area (Å²) in [6.45, 7) is 4.70. The topological polar surface area (TPSA) is 22.8 Å². The molecule has 1 aliphatic rings. The Balaban J connectivity index is 1.11. The highest BCUT2D eigenvalue weighted by molar-refractivity contribution is 6.09. The molecule has 0 unspecified atom stereocenters. The molecule has 10 aromatic rings. The predicted octanol–water partition coefficient (Wildman–Crippen LogP) is 13.4. The van der Waals surface area contributed by atoms with E-state index in [4.69, 9.17) is 4.98 Å². The van der Waals surface area contributed by atoms with E-state index in [1.807, 2.05) is 0 Å². The van der Waals surface area contributed by atoms with Crippen LogP contribution in [-0.4, -0.2) is 14.1 Å². The van der Waals surface area contributed by atoms with Crippen LogP contribution in [-0.2, 0) is 5.41 Å². The van der Waals surface area contributed by atoms with Crippen LogP contribution in [0.15, 0.2) is 188 Å². The molecule has 0 saturated heterocycles. The van der Waals surface area contributed by atoms with Crippen molar-refractivity contribution < 1.29 is 0 Å². The van der Waals surface area contributed by atoms with Gasteiger partial charge in [0.2, 0.25) is 0 Å². The van der Waals surface area contributed by atoms with Gasteiger partial charge in [-0.1, -0.05) is 129 Å². The van der Waals surface area contributed by atoms with E-state index in [1.54, 1.807) is 0 Å². The van der Waals surface area contributed by atoms with Crippen LogP contribution in [0.1, 0.15) is 25.0 Å². The molecule has 8 aromatic carbocycles. The van der Waals surface area contributed by atoms with Crippen molar-refractivity contribution in [3.63, 3.8) is 0 Å². The average Bonchev–Trinajstić information content (AvgIpc) is 3.87. The molecular formula is C52H37N3. The van der Waals surface area contributed by atoms with Gasteiger partial charge in [-0.3, -0.25) is 4.57 Å². The zero-order valence-electron chi connectivity index (χ0n) is 30.7. The van der Waals surface area contributed by atoms with Crippen molar-refractivity contribution in [2.75, 3.05) is 0 Å². The summed E-state index contributed by atoms with van der Waals surface area (Å²) in [7, 11) is 0.